The molecule has 66 heavy (non-hydrogen) atoms. The first-order valence-electron chi connectivity index (χ1n) is 24.8. The van der Waals surface area contributed by atoms with Gasteiger partial charge < -0.3 is 9.80 Å². The van der Waals surface area contributed by atoms with Crippen LogP contribution in [-0.4, -0.2) is 6.71 Å². The van der Waals surface area contributed by atoms with E-state index in [2.05, 4.69) is 251 Å². The molecule has 0 radical (unpaired) electrons. The number of benzene rings is 6. The van der Waals surface area contributed by atoms with E-state index in [4.69, 9.17) is 0 Å². The molecule has 0 aromatic heterocycles. The molecule has 3 heteroatoms. The quantitative estimate of drug-likeness (QED) is 0.163. The van der Waals surface area contributed by atoms with Crippen LogP contribution in [0.25, 0.3) is 11.1 Å². The summed E-state index contributed by atoms with van der Waals surface area (Å²) < 4.78 is 0. The SMILES string of the molecule is CC(C)(C)c1ccc(-c2cc(C(C)(C)C)ccc2N2c3cc4c(cc3B3c5ccc(C(C)(C)C)cc5N(c5cccc(C(C)(C)C)c5)c5cc(C(C)(C)C)cc2c53)C(C)(C)CC4(C)C)cc1. The second-order valence-corrected chi connectivity index (χ2v) is 26.8. The Bertz CT molecular complexity index is 2910. The van der Waals surface area contributed by atoms with Gasteiger partial charge in [0.2, 0.25) is 0 Å². The average molecular weight is 873 g/mol. The van der Waals surface area contributed by atoms with Gasteiger partial charge in [-0.05, 0) is 154 Å². The third-order valence-corrected chi connectivity index (χ3v) is 15.4. The van der Waals surface area contributed by atoms with Crippen molar-refractivity contribution in [2.45, 2.75) is 176 Å². The number of anilines is 6. The van der Waals surface area contributed by atoms with Crippen LogP contribution in [0.5, 0.6) is 0 Å². The van der Waals surface area contributed by atoms with Crippen LogP contribution in [0.15, 0.2) is 109 Å². The first-order chi connectivity index (χ1) is 30.4. The lowest BCUT2D eigenvalue weighted by Gasteiger charge is -2.46. The van der Waals surface area contributed by atoms with Crippen molar-refractivity contribution in [3.8, 4) is 11.1 Å². The van der Waals surface area contributed by atoms with Crippen molar-refractivity contribution in [3.63, 3.8) is 0 Å². The highest BCUT2D eigenvalue weighted by molar-refractivity contribution is 7.00. The smallest absolute Gasteiger partial charge is 0.252 e. The van der Waals surface area contributed by atoms with E-state index in [1.165, 1.54) is 101 Å². The molecule has 0 fully saturated rings. The minimum absolute atomic E-state index is 0.00545. The molecule has 2 heterocycles. The van der Waals surface area contributed by atoms with Crippen LogP contribution in [0.2, 0.25) is 0 Å². The van der Waals surface area contributed by atoms with E-state index >= 15 is 0 Å². The standard InChI is InChI=1S/C63H77BN2/c1-57(2,3)40-25-23-39(24-26-40)46-32-42(59(7,8)9)28-30-51(46)66-53-37-48-47(62(16,17)38-63(48,18)19)36-50(53)64-49-29-27-43(60(10,11)12)33-52(49)65(45-22-20-21-41(31-45)58(4,5)6)54-34-44(61(13,14)15)35-55(66)56(54)64/h20-37H,38H2,1-19H3. The van der Waals surface area contributed by atoms with E-state index in [1.807, 2.05) is 0 Å². The van der Waals surface area contributed by atoms with Gasteiger partial charge in [-0.3, -0.25) is 0 Å². The third kappa shape index (κ3) is 7.65. The first-order valence-corrected chi connectivity index (χ1v) is 24.8. The van der Waals surface area contributed by atoms with E-state index in [0.717, 1.165) is 6.42 Å². The molecule has 1 aliphatic carbocycles. The maximum Gasteiger partial charge on any atom is 0.252 e. The van der Waals surface area contributed by atoms with Gasteiger partial charge in [-0.25, -0.2) is 0 Å². The number of hydrogen-bond acceptors (Lipinski definition) is 2. The largest absolute Gasteiger partial charge is 0.311 e. The van der Waals surface area contributed by atoms with Crippen molar-refractivity contribution in [3.05, 3.63) is 148 Å². The molecule has 2 nitrogen and oxygen atoms in total. The summed E-state index contributed by atoms with van der Waals surface area (Å²) in [5, 5.41) is 0. The molecule has 0 amide bonds. The number of hydrogen-bond donors (Lipinski definition) is 0. The fraction of sp³-hybridized carbons (Fsp3) is 0.429. The van der Waals surface area contributed by atoms with Crippen LogP contribution in [0.1, 0.15) is 177 Å². The third-order valence-electron chi connectivity index (χ3n) is 15.4. The molecule has 2 aliphatic heterocycles. The van der Waals surface area contributed by atoms with Crippen LogP contribution < -0.4 is 26.2 Å². The van der Waals surface area contributed by atoms with Gasteiger partial charge in [0.25, 0.3) is 6.71 Å². The minimum atomic E-state index is -0.120. The molecule has 3 aliphatic rings. The van der Waals surface area contributed by atoms with Crippen LogP contribution in [0.3, 0.4) is 0 Å². The highest BCUT2D eigenvalue weighted by Gasteiger charge is 2.49. The fourth-order valence-electron chi connectivity index (χ4n) is 11.6. The van der Waals surface area contributed by atoms with Crippen molar-refractivity contribution in [2.24, 2.45) is 0 Å². The van der Waals surface area contributed by atoms with Gasteiger partial charge in [-0.15, -0.1) is 0 Å². The second kappa shape index (κ2) is 14.7. The Morgan fingerprint density at radius 2 is 0.864 bits per heavy atom. The Kier molecular flexibility index (Phi) is 10.3. The van der Waals surface area contributed by atoms with Gasteiger partial charge >= 0.3 is 0 Å². The van der Waals surface area contributed by atoms with Crippen molar-refractivity contribution < 1.29 is 0 Å². The van der Waals surface area contributed by atoms with Gasteiger partial charge in [-0.1, -0.05) is 192 Å². The Morgan fingerprint density at radius 1 is 0.394 bits per heavy atom. The zero-order chi connectivity index (χ0) is 48.1. The lowest BCUT2D eigenvalue weighted by atomic mass is 9.33. The molecule has 0 saturated heterocycles. The van der Waals surface area contributed by atoms with E-state index < -0.39 is 0 Å². The topological polar surface area (TPSA) is 6.48 Å². The Labute approximate surface area is 400 Å². The maximum atomic E-state index is 2.71. The molecule has 0 atom stereocenters. The molecule has 0 unspecified atom stereocenters. The lowest BCUT2D eigenvalue weighted by molar-refractivity contribution is 0.403. The summed E-state index contributed by atoms with van der Waals surface area (Å²) >= 11 is 0. The number of nitrogens with zero attached hydrogens (tertiary/aromatic N) is 2. The number of fused-ring (bicyclic) bond motifs is 5. The van der Waals surface area contributed by atoms with Crippen molar-refractivity contribution >= 4 is 57.2 Å². The Morgan fingerprint density at radius 3 is 1.44 bits per heavy atom. The molecule has 342 valence electrons. The maximum absolute atomic E-state index is 2.71. The Hall–Kier alpha value is -5.02. The highest BCUT2D eigenvalue weighted by atomic mass is 15.2. The van der Waals surface area contributed by atoms with Crippen LogP contribution in [-0.2, 0) is 37.9 Å². The summed E-state index contributed by atoms with van der Waals surface area (Å²) in [5.41, 5.74) is 23.9. The molecule has 0 bridgehead atoms. The van der Waals surface area contributed by atoms with E-state index in [1.54, 1.807) is 0 Å². The van der Waals surface area contributed by atoms with Crippen LogP contribution in [0.4, 0.5) is 34.1 Å². The van der Waals surface area contributed by atoms with Gasteiger partial charge in [0.15, 0.2) is 0 Å². The average Bonchev–Trinajstić information content (AvgIpc) is 3.39. The van der Waals surface area contributed by atoms with Gasteiger partial charge in [0.1, 0.15) is 0 Å². The summed E-state index contributed by atoms with van der Waals surface area (Å²) in [5.74, 6) is 0. The summed E-state index contributed by atoms with van der Waals surface area (Å²) in [6, 6.07) is 44.1. The zero-order valence-electron chi connectivity index (χ0n) is 44.1. The summed E-state index contributed by atoms with van der Waals surface area (Å²) in [7, 11) is 0. The van der Waals surface area contributed by atoms with E-state index in [0.29, 0.717) is 0 Å². The normalized spacial score (nSPS) is 16.5. The minimum Gasteiger partial charge on any atom is -0.311 e. The van der Waals surface area contributed by atoms with Gasteiger partial charge in [0, 0.05) is 34.0 Å². The molecule has 0 saturated carbocycles. The van der Waals surface area contributed by atoms with Crippen LogP contribution >= 0.6 is 0 Å². The highest BCUT2D eigenvalue weighted by Crippen LogP contribution is 2.54. The van der Waals surface area contributed by atoms with Gasteiger partial charge in [0.05, 0.1) is 5.69 Å². The second-order valence-electron chi connectivity index (χ2n) is 26.8. The summed E-state index contributed by atoms with van der Waals surface area (Å²) in [4.78, 5) is 5.35. The number of rotatable bonds is 3. The zero-order valence-corrected chi connectivity index (χ0v) is 44.1. The molecular weight excluding hydrogens is 796 g/mol. The predicted octanol–water partition coefficient (Wildman–Crippen LogP) is 15.9. The first kappa shape index (κ1) is 46.1. The molecule has 0 spiro atoms. The van der Waals surface area contributed by atoms with E-state index in [-0.39, 0.29) is 44.6 Å². The summed E-state index contributed by atoms with van der Waals surface area (Å²) in [6.07, 6.45) is 1.12. The molecule has 6 aromatic rings. The lowest BCUT2D eigenvalue weighted by Crippen LogP contribution is -2.61. The van der Waals surface area contributed by atoms with Crippen molar-refractivity contribution in [1.82, 2.24) is 0 Å². The monoisotopic (exact) mass is 873 g/mol. The molecular formula is C63H77BN2. The molecule has 9 rings (SSSR count). The van der Waals surface area contributed by atoms with Gasteiger partial charge in [-0.2, -0.15) is 0 Å². The fourth-order valence-corrected chi connectivity index (χ4v) is 11.6. The van der Waals surface area contributed by atoms with Crippen molar-refractivity contribution in [1.29, 1.82) is 0 Å². The van der Waals surface area contributed by atoms with E-state index in [9.17, 15) is 0 Å². The predicted molar refractivity (Wildman–Crippen MR) is 290 cm³/mol. The molecule has 0 N–H and O–H groups in total. The summed E-state index contributed by atoms with van der Waals surface area (Å²) in [6.45, 7) is 45.1. The Balaban J connectivity index is 1.45. The van der Waals surface area contributed by atoms with Crippen LogP contribution in [0, 0.1) is 0 Å². The molecule has 6 aromatic carbocycles. The van der Waals surface area contributed by atoms with Crippen molar-refractivity contribution in [2.75, 3.05) is 9.80 Å².